The van der Waals surface area contributed by atoms with Gasteiger partial charge in [-0.3, -0.25) is 0 Å². The van der Waals surface area contributed by atoms with Crippen molar-refractivity contribution in [2.75, 3.05) is 19.6 Å². The van der Waals surface area contributed by atoms with Crippen molar-refractivity contribution in [1.82, 2.24) is 4.90 Å². The van der Waals surface area contributed by atoms with Crippen LogP contribution in [0.2, 0.25) is 0 Å². The molecule has 1 saturated heterocycles. The van der Waals surface area contributed by atoms with Gasteiger partial charge in [0.1, 0.15) is 0 Å². The number of piperidine rings is 1. The first-order valence-electron chi connectivity index (χ1n) is 6.82. The molecule has 0 amide bonds. The molecule has 0 aromatic heterocycles. The van der Waals surface area contributed by atoms with E-state index in [0.29, 0.717) is 0 Å². The molecule has 0 unspecified atom stereocenters. The second-order valence-corrected chi connectivity index (χ2v) is 5.93. The molecule has 0 aliphatic carbocycles. The van der Waals surface area contributed by atoms with Crippen LogP contribution in [0, 0.1) is 17.8 Å². The van der Waals surface area contributed by atoms with Crippen LogP contribution in [0.25, 0.3) is 0 Å². The van der Waals surface area contributed by atoms with Crippen LogP contribution in [0.1, 0.15) is 53.4 Å². The van der Waals surface area contributed by atoms with E-state index in [1.165, 1.54) is 45.3 Å². The molecule has 90 valence electrons. The zero-order valence-corrected chi connectivity index (χ0v) is 11.1. The molecule has 1 aliphatic heterocycles. The van der Waals surface area contributed by atoms with E-state index in [1.54, 1.807) is 0 Å². The molecule has 0 aromatic rings. The first-order valence-corrected chi connectivity index (χ1v) is 6.82. The lowest BCUT2D eigenvalue weighted by Gasteiger charge is -2.35. The predicted molar refractivity (Wildman–Crippen MR) is 68.1 cm³/mol. The van der Waals surface area contributed by atoms with Gasteiger partial charge in [-0.05, 0) is 43.7 Å². The lowest BCUT2D eigenvalue weighted by molar-refractivity contribution is 0.136. The molecule has 0 saturated carbocycles. The Bertz CT molecular complexity index is 165. The minimum absolute atomic E-state index is 0.880. The van der Waals surface area contributed by atoms with Crippen LogP contribution in [-0.4, -0.2) is 24.5 Å². The summed E-state index contributed by atoms with van der Waals surface area (Å²) in [4.78, 5) is 2.67. The summed E-state index contributed by atoms with van der Waals surface area (Å²) in [6.07, 6.45) is 5.63. The standard InChI is InChI=1S/C14H29N/c1-12(2)7-5-6-9-15-10-8-13(3)14(4)11-15/h12-14H,5-11H2,1-4H3/t13-,14+/m0/s1. The third kappa shape index (κ3) is 5.01. The van der Waals surface area contributed by atoms with Crippen LogP contribution < -0.4 is 0 Å². The third-order valence-electron chi connectivity index (χ3n) is 3.92. The van der Waals surface area contributed by atoms with E-state index in [2.05, 4.69) is 32.6 Å². The molecule has 1 aliphatic rings. The number of nitrogens with zero attached hydrogens (tertiary/aromatic N) is 1. The predicted octanol–water partition coefficient (Wildman–Crippen LogP) is 3.79. The highest BCUT2D eigenvalue weighted by atomic mass is 15.1. The molecular formula is C14H29N. The fourth-order valence-corrected chi connectivity index (χ4v) is 2.44. The first kappa shape index (κ1) is 13.0. The number of unbranched alkanes of at least 4 members (excludes halogenated alkanes) is 1. The molecule has 0 spiro atoms. The monoisotopic (exact) mass is 211 g/mol. The molecular weight excluding hydrogens is 182 g/mol. The molecule has 1 heterocycles. The summed E-state index contributed by atoms with van der Waals surface area (Å²) in [6, 6.07) is 0. The fraction of sp³-hybridized carbons (Fsp3) is 1.00. The quantitative estimate of drug-likeness (QED) is 0.625. The number of likely N-dealkylation sites (tertiary alicyclic amines) is 1. The van der Waals surface area contributed by atoms with Gasteiger partial charge >= 0.3 is 0 Å². The van der Waals surface area contributed by atoms with Gasteiger partial charge in [0.25, 0.3) is 0 Å². The number of hydrogen-bond donors (Lipinski definition) is 0. The van der Waals surface area contributed by atoms with Crippen molar-refractivity contribution in [1.29, 1.82) is 0 Å². The Morgan fingerprint density at radius 1 is 1.13 bits per heavy atom. The summed E-state index contributed by atoms with van der Waals surface area (Å²) in [5, 5.41) is 0. The van der Waals surface area contributed by atoms with Crippen molar-refractivity contribution >= 4 is 0 Å². The molecule has 0 N–H and O–H groups in total. The Morgan fingerprint density at radius 3 is 2.47 bits per heavy atom. The number of rotatable bonds is 5. The van der Waals surface area contributed by atoms with E-state index < -0.39 is 0 Å². The van der Waals surface area contributed by atoms with E-state index in [-0.39, 0.29) is 0 Å². The van der Waals surface area contributed by atoms with Crippen molar-refractivity contribution in [2.24, 2.45) is 17.8 Å². The summed E-state index contributed by atoms with van der Waals surface area (Å²) >= 11 is 0. The van der Waals surface area contributed by atoms with Gasteiger partial charge in [0.15, 0.2) is 0 Å². The summed E-state index contributed by atoms with van der Waals surface area (Å²) < 4.78 is 0. The Morgan fingerprint density at radius 2 is 1.87 bits per heavy atom. The van der Waals surface area contributed by atoms with Crippen molar-refractivity contribution in [3.63, 3.8) is 0 Å². The van der Waals surface area contributed by atoms with Gasteiger partial charge in [0.05, 0.1) is 0 Å². The van der Waals surface area contributed by atoms with Gasteiger partial charge < -0.3 is 4.90 Å². The van der Waals surface area contributed by atoms with Crippen molar-refractivity contribution in [3.8, 4) is 0 Å². The molecule has 0 radical (unpaired) electrons. The minimum Gasteiger partial charge on any atom is -0.303 e. The number of hydrogen-bond acceptors (Lipinski definition) is 1. The summed E-state index contributed by atoms with van der Waals surface area (Å²) in [7, 11) is 0. The topological polar surface area (TPSA) is 3.24 Å². The molecule has 15 heavy (non-hydrogen) atoms. The highest BCUT2D eigenvalue weighted by molar-refractivity contribution is 4.74. The summed E-state index contributed by atoms with van der Waals surface area (Å²) in [5.74, 6) is 2.73. The highest BCUT2D eigenvalue weighted by Gasteiger charge is 2.21. The van der Waals surface area contributed by atoms with Crippen LogP contribution in [0.5, 0.6) is 0 Å². The van der Waals surface area contributed by atoms with E-state index in [9.17, 15) is 0 Å². The van der Waals surface area contributed by atoms with Crippen LogP contribution in [0.4, 0.5) is 0 Å². The summed E-state index contributed by atoms with van der Waals surface area (Å²) in [6.45, 7) is 13.5. The van der Waals surface area contributed by atoms with Gasteiger partial charge in [-0.2, -0.15) is 0 Å². The van der Waals surface area contributed by atoms with Gasteiger partial charge in [-0.25, -0.2) is 0 Å². The normalized spacial score (nSPS) is 28.6. The Kier molecular flexibility index (Phi) is 5.66. The van der Waals surface area contributed by atoms with Crippen molar-refractivity contribution in [2.45, 2.75) is 53.4 Å². The Labute approximate surface area is 96.2 Å². The van der Waals surface area contributed by atoms with Crippen LogP contribution >= 0.6 is 0 Å². The summed E-state index contributed by atoms with van der Waals surface area (Å²) in [5.41, 5.74) is 0. The maximum absolute atomic E-state index is 2.67. The fourth-order valence-electron chi connectivity index (χ4n) is 2.44. The average Bonchev–Trinajstić information content (AvgIpc) is 2.18. The second-order valence-electron chi connectivity index (χ2n) is 5.93. The first-order chi connectivity index (χ1) is 7.09. The molecule has 0 bridgehead atoms. The third-order valence-corrected chi connectivity index (χ3v) is 3.92. The highest BCUT2D eigenvalue weighted by Crippen LogP contribution is 2.22. The van der Waals surface area contributed by atoms with E-state index in [1.807, 2.05) is 0 Å². The molecule has 2 atom stereocenters. The van der Waals surface area contributed by atoms with Gasteiger partial charge in [0, 0.05) is 6.54 Å². The maximum Gasteiger partial charge on any atom is 0.000957 e. The molecule has 1 rings (SSSR count). The van der Waals surface area contributed by atoms with E-state index in [0.717, 1.165) is 17.8 Å². The Balaban J connectivity index is 2.07. The van der Waals surface area contributed by atoms with Gasteiger partial charge in [-0.1, -0.05) is 40.5 Å². The van der Waals surface area contributed by atoms with Gasteiger partial charge in [0.2, 0.25) is 0 Å². The molecule has 1 heteroatoms. The maximum atomic E-state index is 2.67. The van der Waals surface area contributed by atoms with Crippen molar-refractivity contribution < 1.29 is 0 Å². The van der Waals surface area contributed by atoms with Crippen LogP contribution in [-0.2, 0) is 0 Å². The van der Waals surface area contributed by atoms with E-state index in [4.69, 9.17) is 0 Å². The second kappa shape index (κ2) is 6.52. The van der Waals surface area contributed by atoms with Crippen LogP contribution in [0.3, 0.4) is 0 Å². The molecule has 1 fully saturated rings. The zero-order chi connectivity index (χ0) is 11.3. The molecule has 1 nitrogen and oxygen atoms in total. The van der Waals surface area contributed by atoms with Crippen LogP contribution in [0.15, 0.2) is 0 Å². The SMILES string of the molecule is CC(C)CCCCN1CC[C@H](C)[C@H](C)C1. The zero-order valence-electron chi connectivity index (χ0n) is 11.1. The average molecular weight is 211 g/mol. The van der Waals surface area contributed by atoms with E-state index >= 15 is 0 Å². The molecule has 0 aromatic carbocycles. The van der Waals surface area contributed by atoms with Crippen molar-refractivity contribution in [3.05, 3.63) is 0 Å². The largest absolute Gasteiger partial charge is 0.303 e. The van der Waals surface area contributed by atoms with Gasteiger partial charge in [-0.15, -0.1) is 0 Å². The lowest BCUT2D eigenvalue weighted by Crippen LogP contribution is -2.38. The lowest BCUT2D eigenvalue weighted by atomic mass is 9.88. The minimum atomic E-state index is 0.880. The smallest absolute Gasteiger partial charge is 0.000957 e. The Hall–Kier alpha value is -0.0400.